The minimum atomic E-state index is 0.680. The molecule has 0 amide bonds. The summed E-state index contributed by atoms with van der Waals surface area (Å²) in [5, 5.41) is 0.852. The van der Waals surface area contributed by atoms with Gasteiger partial charge in [-0.2, -0.15) is 0 Å². The SMILES string of the molecule is Cc1cc(=S)c2c(N)ccc(C)c2o1. The third-order valence-corrected chi connectivity index (χ3v) is 2.55. The van der Waals surface area contributed by atoms with Gasteiger partial charge in [0, 0.05) is 5.69 Å². The Balaban J connectivity index is 3.08. The highest BCUT2D eigenvalue weighted by Crippen LogP contribution is 2.26. The van der Waals surface area contributed by atoms with Crippen LogP contribution in [0.3, 0.4) is 0 Å². The number of fused-ring (bicyclic) bond motifs is 1. The molecule has 0 saturated heterocycles. The van der Waals surface area contributed by atoms with Gasteiger partial charge in [0.2, 0.25) is 0 Å². The van der Waals surface area contributed by atoms with Crippen molar-refractivity contribution in [3.8, 4) is 0 Å². The third kappa shape index (κ3) is 1.30. The van der Waals surface area contributed by atoms with E-state index in [0.717, 1.165) is 26.8 Å². The minimum Gasteiger partial charge on any atom is -0.461 e. The molecule has 1 aromatic carbocycles. The van der Waals surface area contributed by atoms with Gasteiger partial charge < -0.3 is 10.2 Å². The first kappa shape index (κ1) is 9.21. The zero-order valence-corrected chi connectivity index (χ0v) is 8.94. The minimum absolute atomic E-state index is 0.680. The van der Waals surface area contributed by atoms with Gasteiger partial charge in [-0.15, -0.1) is 0 Å². The largest absolute Gasteiger partial charge is 0.461 e. The summed E-state index contributed by atoms with van der Waals surface area (Å²) in [6, 6.07) is 5.63. The van der Waals surface area contributed by atoms with E-state index in [4.69, 9.17) is 22.4 Å². The molecule has 3 heteroatoms. The van der Waals surface area contributed by atoms with E-state index in [0.29, 0.717) is 5.69 Å². The van der Waals surface area contributed by atoms with Crippen LogP contribution in [0.2, 0.25) is 0 Å². The number of rotatable bonds is 0. The van der Waals surface area contributed by atoms with Gasteiger partial charge in [-0.05, 0) is 31.5 Å². The molecule has 2 rings (SSSR count). The summed E-state index contributed by atoms with van der Waals surface area (Å²) >= 11 is 5.25. The molecule has 2 N–H and O–H groups in total. The summed E-state index contributed by atoms with van der Waals surface area (Å²) in [4.78, 5) is 0. The molecular formula is C11H11NOS. The first-order chi connectivity index (χ1) is 6.59. The van der Waals surface area contributed by atoms with Crippen molar-refractivity contribution in [2.75, 3.05) is 5.73 Å². The fourth-order valence-corrected chi connectivity index (χ4v) is 1.91. The Hall–Kier alpha value is -1.35. The van der Waals surface area contributed by atoms with Crippen molar-refractivity contribution in [2.24, 2.45) is 0 Å². The number of anilines is 1. The summed E-state index contributed by atoms with van der Waals surface area (Å²) in [5.74, 6) is 0.816. The zero-order valence-electron chi connectivity index (χ0n) is 8.13. The average Bonchev–Trinajstić information content (AvgIpc) is 2.10. The average molecular weight is 205 g/mol. The summed E-state index contributed by atoms with van der Waals surface area (Å²) in [6.45, 7) is 3.87. The second-order valence-electron chi connectivity index (χ2n) is 3.40. The van der Waals surface area contributed by atoms with E-state index >= 15 is 0 Å². The number of hydrogen-bond donors (Lipinski definition) is 1. The first-order valence-electron chi connectivity index (χ1n) is 4.39. The lowest BCUT2D eigenvalue weighted by molar-refractivity contribution is 0.563. The van der Waals surface area contributed by atoms with Gasteiger partial charge >= 0.3 is 0 Å². The molecule has 0 fully saturated rings. The quantitative estimate of drug-likeness (QED) is 0.529. The lowest BCUT2D eigenvalue weighted by atomic mass is 10.1. The van der Waals surface area contributed by atoms with E-state index in [1.54, 1.807) is 0 Å². The predicted molar refractivity (Wildman–Crippen MR) is 60.9 cm³/mol. The van der Waals surface area contributed by atoms with Crippen molar-refractivity contribution in [3.63, 3.8) is 0 Å². The molecule has 1 heterocycles. The monoisotopic (exact) mass is 205 g/mol. The van der Waals surface area contributed by atoms with Crippen molar-refractivity contribution >= 4 is 28.9 Å². The molecule has 0 aliphatic rings. The van der Waals surface area contributed by atoms with Crippen LogP contribution in [0.4, 0.5) is 5.69 Å². The highest BCUT2D eigenvalue weighted by Gasteiger charge is 2.05. The Morgan fingerprint density at radius 3 is 2.71 bits per heavy atom. The molecule has 2 nitrogen and oxygen atoms in total. The van der Waals surface area contributed by atoms with Crippen LogP contribution in [0.15, 0.2) is 22.6 Å². The lowest BCUT2D eigenvalue weighted by Crippen LogP contribution is -1.90. The summed E-state index contributed by atoms with van der Waals surface area (Å²) in [5.41, 5.74) is 8.39. The maximum Gasteiger partial charge on any atom is 0.140 e. The van der Waals surface area contributed by atoms with E-state index in [2.05, 4.69) is 0 Å². The molecule has 0 saturated carbocycles. The number of aryl methyl sites for hydroxylation is 2. The third-order valence-electron chi connectivity index (χ3n) is 2.23. The highest BCUT2D eigenvalue weighted by atomic mass is 32.1. The standard InChI is InChI=1S/C11H11NOS/c1-6-3-4-8(12)10-9(14)5-7(2)13-11(6)10/h3-5H,12H2,1-2H3. The van der Waals surface area contributed by atoms with Crippen molar-refractivity contribution in [3.05, 3.63) is 34.0 Å². The molecule has 0 atom stereocenters. The van der Waals surface area contributed by atoms with Crippen molar-refractivity contribution < 1.29 is 4.42 Å². The Morgan fingerprint density at radius 1 is 1.29 bits per heavy atom. The van der Waals surface area contributed by atoms with Gasteiger partial charge in [0.25, 0.3) is 0 Å². The Morgan fingerprint density at radius 2 is 2.00 bits per heavy atom. The Bertz CT molecular complexity index is 557. The highest BCUT2D eigenvalue weighted by molar-refractivity contribution is 7.71. The van der Waals surface area contributed by atoms with E-state index in [1.165, 1.54) is 0 Å². The van der Waals surface area contributed by atoms with Crippen LogP contribution in [0.25, 0.3) is 11.0 Å². The van der Waals surface area contributed by atoms with Crippen LogP contribution in [0.5, 0.6) is 0 Å². The van der Waals surface area contributed by atoms with Crippen LogP contribution in [-0.4, -0.2) is 0 Å². The number of nitrogens with two attached hydrogens (primary N) is 1. The molecule has 2 aromatic rings. The Kier molecular flexibility index (Phi) is 2.04. The summed E-state index contributed by atoms with van der Waals surface area (Å²) < 4.78 is 6.36. The predicted octanol–water partition coefficient (Wildman–Crippen LogP) is 3.36. The van der Waals surface area contributed by atoms with E-state index in [1.807, 2.05) is 32.0 Å². The van der Waals surface area contributed by atoms with Gasteiger partial charge in [-0.25, -0.2) is 0 Å². The molecule has 0 unspecified atom stereocenters. The summed E-state index contributed by atoms with van der Waals surface area (Å²) in [7, 11) is 0. The molecule has 0 bridgehead atoms. The van der Waals surface area contributed by atoms with Crippen molar-refractivity contribution in [1.29, 1.82) is 0 Å². The molecule has 0 aliphatic heterocycles. The van der Waals surface area contributed by atoms with E-state index in [9.17, 15) is 0 Å². The van der Waals surface area contributed by atoms with Crippen LogP contribution in [0.1, 0.15) is 11.3 Å². The number of benzene rings is 1. The summed E-state index contributed by atoms with van der Waals surface area (Å²) in [6.07, 6.45) is 0. The molecule has 14 heavy (non-hydrogen) atoms. The van der Waals surface area contributed by atoms with Crippen molar-refractivity contribution in [1.82, 2.24) is 0 Å². The van der Waals surface area contributed by atoms with Crippen LogP contribution in [-0.2, 0) is 0 Å². The topological polar surface area (TPSA) is 39.2 Å². The fraction of sp³-hybridized carbons (Fsp3) is 0.182. The molecule has 1 aromatic heterocycles. The fourth-order valence-electron chi connectivity index (χ4n) is 1.53. The van der Waals surface area contributed by atoms with Crippen LogP contribution in [0, 0.1) is 18.4 Å². The molecule has 72 valence electrons. The van der Waals surface area contributed by atoms with Gasteiger partial charge in [-0.3, -0.25) is 0 Å². The number of hydrogen-bond acceptors (Lipinski definition) is 3. The van der Waals surface area contributed by atoms with Crippen molar-refractivity contribution in [2.45, 2.75) is 13.8 Å². The van der Waals surface area contributed by atoms with Gasteiger partial charge in [0.1, 0.15) is 11.3 Å². The van der Waals surface area contributed by atoms with Gasteiger partial charge in [-0.1, -0.05) is 18.3 Å². The van der Waals surface area contributed by atoms with Gasteiger partial charge in [0.05, 0.1) is 9.90 Å². The Labute approximate surface area is 87.3 Å². The second-order valence-corrected chi connectivity index (χ2v) is 3.84. The molecule has 0 spiro atoms. The van der Waals surface area contributed by atoms with E-state index < -0.39 is 0 Å². The molecule has 0 aliphatic carbocycles. The van der Waals surface area contributed by atoms with Gasteiger partial charge in [0.15, 0.2) is 0 Å². The lowest BCUT2D eigenvalue weighted by Gasteiger charge is -2.05. The zero-order chi connectivity index (χ0) is 10.3. The maximum atomic E-state index is 5.85. The smallest absolute Gasteiger partial charge is 0.140 e. The first-order valence-corrected chi connectivity index (χ1v) is 4.80. The van der Waals surface area contributed by atoms with Crippen LogP contribution < -0.4 is 5.73 Å². The molecular weight excluding hydrogens is 194 g/mol. The molecule has 0 radical (unpaired) electrons. The van der Waals surface area contributed by atoms with E-state index in [-0.39, 0.29) is 0 Å². The second kappa shape index (κ2) is 3.10. The number of nitrogen functional groups attached to an aromatic ring is 1. The van der Waals surface area contributed by atoms with Crippen LogP contribution >= 0.6 is 12.2 Å². The normalized spacial score (nSPS) is 10.7. The maximum absolute atomic E-state index is 5.85.